The number of rotatable bonds is 11. The number of methoxy groups -OCH3 is 2. The smallest absolute Gasteiger partial charge is 0.239 e. The number of anilines is 1. The Kier molecular flexibility index (Phi) is 11.1. The van der Waals surface area contributed by atoms with E-state index in [9.17, 15) is 4.79 Å². The monoisotopic (exact) mass is 529 g/mol. The number of thiazole rings is 1. The minimum Gasteiger partial charge on any atom is -0.497 e. The lowest BCUT2D eigenvalue weighted by atomic mass is 10.3. The molecular weight excluding hydrogens is 501 g/mol. The predicted molar refractivity (Wildman–Crippen MR) is 142 cm³/mol. The summed E-state index contributed by atoms with van der Waals surface area (Å²) in [5, 5.41) is 1.24. The number of carbonyl (C=O) groups is 1. The Labute approximate surface area is 214 Å². The van der Waals surface area contributed by atoms with Crippen molar-refractivity contribution in [3.63, 3.8) is 0 Å². The van der Waals surface area contributed by atoms with Gasteiger partial charge in [0.05, 0.1) is 29.7 Å². The molecule has 3 aromatic rings. The molecule has 3 rings (SSSR count). The third-order valence-corrected chi connectivity index (χ3v) is 7.69. The first-order valence-corrected chi connectivity index (χ1v) is 12.6. The molecule has 0 aliphatic carbocycles. The zero-order chi connectivity index (χ0) is 23.1. The van der Waals surface area contributed by atoms with Crippen LogP contribution in [-0.2, 0) is 4.79 Å². The van der Waals surface area contributed by atoms with Crippen LogP contribution in [-0.4, -0.2) is 61.9 Å². The Balaban J connectivity index is 0.00000385. The first-order valence-electron chi connectivity index (χ1n) is 10.4. The fraction of sp³-hybridized carbons (Fsp3) is 0.391. The summed E-state index contributed by atoms with van der Waals surface area (Å²) in [5.41, 5.74) is 0.684. The van der Waals surface area contributed by atoms with Crippen LogP contribution in [0.4, 0.5) is 5.13 Å². The third kappa shape index (κ3) is 6.90. The number of hydrogen-bond donors (Lipinski definition) is 0. The summed E-state index contributed by atoms with van der Waals surface area (Å²) in [4.78, 5) is 23.1. The molecule has 10 heteroatoms. The number of fused-ring (bicyclic) bond motifs is 1. The molecule has 0 bridgehead atoms. The van der Waals surface area contributed by atoms with Gasteiger partial charge < -0.3 is 14.4 Å². The van der Waals surface area contributed by atoms with Crippen LogP contribution >= 0.6 is 47.1 Å². The Hall–Kier alpha value is -1.71. The standard InChI is InChI=1S/C23H28ClN3O3S2.ClH/c1-5-26(6-2)13-14-27(20(28)15-31-17-9-7-16(29-3)8-10-17)23-25-21-19(30-4)12-11-18(24)22(21)32-23;/h7-12H,5-6,13-15H2,1-4H3;1H. The number of carbonyl (C=O) groups excluding carboxylic acids is 1. The topological polar surface area (TPSA) is 54.9 Å². The predicted octanol–water partition coefficient (Wildman–Crippen LogP) is 5.86. The number of nitrogens with zero attached hydrogens (tertiary/aromatic N) is 3. The lowest BCUT2D eigenvalue weighted by Crippen LogP contribution is -2.39. The lowest BCUT2D eigenvalue weighted by Gasteiger charge is -2.24. The van der Waals surface area contributed by atoms with Gasteiger partial charge in [0, 0.05) is 18.0 Å². The third-order valence-electron chi connectivity index (χ3n) is 5.16. The highest BCUT2D eigenvalue weighted by Crippen LogP contribution is 2.39. The molecule has 1 heterocycles. The fourth-order valence-corrected chi connectivity index (χ4v) is 5.30. The van der Waals surface area contributed by atoms with Crippen molar-refractivity contribution in [1.82, 2.24) is 9.88 Å². The van der Waals surface area contributed by atoms with E-state index in [0.29, 0.717) is 33.7 Å². The van der Waals surface area contributed by atoms with Gasteiger partial charge in [-0.25, -0.2) is 4.98 Å². The zero-order valence-electron chi connectivity index (χ0n) is 19.2. The van der Waals surface area contributed by atoms with Gasteiger partial charge in [-0.15, -0.1) is 24.2 Å². The summed E-state index contributed by atoms with van der Waals surface area (Å²) >= 11 is 9.33. The van der Waals surface area contributed by atoms with Crippen LogP contribution in [0.3, 0.4) is 0 Å². The van der Waals surface area contributed by atoms with Crippen molar-refractivity contribution in [2.75, 3.05) is 51.1 Å². The average Bonchev–Trinajstić information content (AvgIpc) is 3.27. The summed E-state index contributed by atoms with van der Waals surface area (Å²) < 4.78 is 11.5. The van der Waals surface area contributed by atoms with Crippen molar-refractivity contribution in [2.24, 2.45) is 0 Å². The van der Waals surface area contributed by atoms with Gasteiger partial charge in [-0.1, -0.05) is 36.8 Å². The van der Waals surface area contributed by atoms with Crippen molar-refractivity contribution in [3.05, 3.63) is 41.4 Å². The number of ether oxygens (including phenoxy) is 2. The van der Waals surface area contributed by atoms with Crippen molar-refractivity contribution < 1.29 is 14.3 Å². The molecule has 1 aromatic heterocycles. The number of likely N-dealkylation sites (N-methyl/N-ethyl adjacent to an activating group) is 1. The number of thioether (sulfide) groups is 1. The molecule has 0 radical (unpaired) electrons. The molecule has 180 valence electrons. The lowest BCUT2D eigenvalue weighted by molar-refractivity contribution is -0.116. The molecule has 6 nitrogen and oxygen atoms in total. The second-order valence-corrected chi connectivity index (χ2v) is 9.39. The number of halogens is 2. The van der Waals surface area contributed by atoms with Crippen LogP contribution < -0.4 is 14.4 Å². The van der Waals surface area contributed by atoms with Crippen molar-refractivity contribution in [2.45, 2.75) is 18.7 Å². The summed E-state index contributed by atoms with van der Waals surface area (Å²) in [6, 6.07) is 11.3. The Morgan fingerprint density at radius 1 is 1.06 bits per heavy atom. The maximum Gasteiger partial charge on any atom is 0.239 e. The van der Waals surface area contributed by atoms with Crippen LogP contribution in [0.25, 0.3) is 10.2 Å². The van der Waals surface area contributed by atoms with E-state index in [2.05, 4.69) is 18.7 Å². The van der Waals surface area contributed by atoms with Gasteiger partial charge in [-0.3, -0.25) is 9.69 Å². The van der Waals surface area contributed by atoms with E-state index in [0.717, 1.165) is 35.0 Å². The van der Waals surface area contributed by atoms with Gasteiger partial charge in [0.2, 0.25) is 5.91 Å². The highest BCUT2D eigenvalue weighted by atomic mass is 35.5. The fourth-order valence-electron chi connectivity index (χ4n) is 3.22. The van der Waals surface area contributed by atoms with E-state index in [-0.39, 0.29) is 18.3 Å². The molecule has 2 aromatic carbocycles. The number of benzene rings is 2. The second kappa shape index (κ2) is 13.2. The van der Waals surface area contributed by atoms with Crippen molar-refractivity contribution >= 4 is 68.4 Å². The summed E-state index contributed by atoms with van der Waals surface area (Å²) in [7, 11) is 3.25. The van der Waals surface area contributed by atoms with E-state index in [4.69, 9.17) is 26.1 Å². The highest BCUT2D eigenvalue weighted by Gasteiger charge is 2.22. The summed E-state index contributed by atoms with van der Waals surface area (Å²) in [5.74, 6) is 1.76. The van der Waals surface area contributed by atoms with E-state index in [1.54, 1.807) is 31.3 Å². The highest BCUT2D eigenvalue weighted by molar-refractivity contribution is 8.00. The molecule has 0 spiro atoms. The van der Waals surface area contributed by atoms with Crippen molar-refractivity contribution in [1.29, 1.82) is 0 Å². The normalized spacial score (nSPS) is 10.8. The molecule has 0 saturated carbocycles. The molecule has 0 atom stereocenters. The molecule has 0 aliphatic rings. The molecular formula is C23H29Cl2N3O3S2. The molecule has 33 heavy (non-hydrogen) atoms. The van der Waals surface area contributed by atoms with Gasteiger partial charge in [-0.2, -0.15) is 0 Å². The Morgan fingerprint density at radius 3 is 2.36 bits per heavy atom. The average molecular weight is 531 g/mol. The quantitative estimate of drug-likeness (QED) is 0.290. The molecule has 0 aliphatic heterocycles. The van der Waals surface area contributed by atoms with Gasteiger partial charge in [-0.05, 0) is 49.5 Å². The second-order valence-electron chi connectivity index (χ2n) is 6.96. The van der Waals surface area contributed by atoms with Crippen LogP contribution in [0, 0.1) is 0 Å². The first kappa shape index (κ1) is 27.5. The molecule has 0 unspecified atom stereocenters. The minimum atomic E-state index is 0. The first-order chi connectivity index (χ1) is 15.5. The van der Waals surface area contributed by atoms with Crippen molar-refractivity contribution in [3.8, 4) is 11.5 Å². The van der Waals surface area contributed by atoms with Gasteiger partial charge in [0.1, 0.15) is 17.0 Å². The van der Waals surface area contributed by atoms with E-state index >= 15 is 0 Å². The maximum atomic E-state index is 13.3. The largest absolute Gasteiger partial charge is 0.497 e. The molecule has 0 saturated heterocycles. The van der Waals surface area contributed by atoms with Gasteiger partial charge in [0.15, 0.2) is 5.13 Å². The van der Waals surface area contributed by atoms with Crippen LogP contribution in [0.5, 0.6) is 11.5 Å². The minimum absolute atomic E-state index is 0. The Bertz CT molecular complexity index is 1040. The summed E-state index contributed by atoms with van der Waals surface area (Å²) in [6.45, 7) is 7.43. The Morgan fingerprint density at radius 2 is 1.76 bits per heavy atom. The number of hydrogen-bond acceptors (Lipinski definition) is 7. The molecule has 1 amide bonds. The number of amides is 1. The van der Waals surface area contributed by atoms with Crippen LogP contribution in [0.1, 0.15) is 13.8 Å². The van der Waals surface area contributed by atoms with E-state index in [1.807, 2.05) is 24.3 Å². The van der Waals surface area contributed by atoms with E-state index in [1.165, 1.54) is 23.1 Å². The van der Waals surface area contributed by atoms with Gasteiger partial charge >= 0.3 is 0 Å². The van der Waals surface area contributed by atoms with Gasteiger partial charge in [0.25, 0.3) is 0 Å². The summed E-state index contributed by atoms with van der Waals surface area (Å²) in [6.07, 6.45) is 0. The maximum absolute atomic E-state index is 13.3. The number of aromatic nitrogens is 1. The molecule has 0 N–H and O–H groups in total. The SMILES string of the molecule is CCN(CC)CCN(C(=O)CSc1ccc(OC)cc1)c1nc2c(OC)ccc(Cl)c2s1.Cl. The van der Waals surface area contributed by atoms with Crippen LogP contribution in [0.15, 0.2) is 41.3 Å². The van der Waals surface area contributed by atoms with E-state index < -0.39 is 0 Å². The van der Waals surface area contributed by atoms with Crippen LogP contribution in [0.2, 0.25) is 5.02 Å². The molecule has 0 fully saturated rings. The zero-order valence-corrected chi connectivity index (χ0v) is 22.4.